The van der Waals surface area contributed by atoms with Crippen molar-refractivity contribution in [2.45, 2.75) is 6.92 Å². The van der Waals surface area contributed by atoms with Gasteiger partial charge in [0.2, 0.25) is 0 Å². The van der Waals surface area contributed by atoms with Crippen LogP contribution in [0.2, 0.25) is 0 Å². The maximum absolute atomic E-state index is 5.08. The highest BCUT2D eigenvalue weighted by molar-refractivity contribution is 9.52. The van der Waals surface area contributed by atoms with Crippen LogP contribution in [0, 0.1) is 6.92 Å². The van der Waals surface area contributed by atoms with Crippen LogP contribution in [0.25, 0.3) is 0 Å². The van der Waals surface area contributed by atoms with Crippen LogP contribution in [-0.2, 0) is 0 Å². The summed E-state index contributed by atoms with van der Waals surface area (Å²) in [5.41, 5.74) is 2.36. The molecule has 0 aromatic heterocycles. The molecule has 0 fully saturated rings. The average Bonchev–Trinajstić information content (AvgIpc) is 2.05. The van der Waals surface area contributed by atoms with Gasteiger partial charge < -0.3 is 0 Å². The molecule has 11 heavy (non-hydrogen) atoms. The Labute approximate surface area is 83.6 Å². The van der Waals surface area contributed by atoms with Crippen molar-refractivity contribution < 1.29 is 0 Å². The molecule has 0 atom stereocenters. The summed E-state index contributed by atoms with van der Waals surface area (Å²) in [6.45, 7) is 2.06. The number of hydrogen-bond acceptors (Lipinski definition) is 2. The van der Waals surface area contributed by atoms with Gasteiger partial charge in [0.05, 0.1) is 4.20 Å². The molecule has 0 aliphatic carbocycles. The second-order valence-corrected chi connectivity index (χ2v) is 4.43. The minimum absolute atomic E-state index is 0.880. The fourth-order valence-electron chi connectivity index (χ4n) is 0.734. The molecule has 0 N–H and O–H groups in total. The molecule has 0 heterocycles. The lowest BCUT2D eigenvalue weighted by Gasteiger charge is -1.98. The molecule has 3 heteroatoms. The summed E-state index contributed by atoms with van der Waals surface area (Å²) < 4.78 is 0.880. The molecule has 0 spiro atoms. The Balaban J connectivity index is 2.90. The Morgan fingerprint density at radius 1 is 1.36 bits per heavy atom. The highest BCUT2D eigenvalue weighted by Gasteiger charge is 1.97. The summed E-state index contributed by atoms with van der Waals surface area (Å²) in [6, 6.07) is 8.19. The van der Waals surface area contributed by atoms with Crippen LogP contribution in [0.15, 0.2) is 24.3 Å². The minimum atomic E-state index is 0.880. The molecule has 1 aromatic carbocycles. The molecule has 1 aromatic rings. The van der Waals surface area contributed by atoms with Gasteiger partial charge in [0.15, 0.2) is 0 Å². The Kier molecular flexibility index (Phi) is 3.55. The van der Waals surface area contributed by atoms with Crippen LogP contribution in [0.4, 0.5) is 0 Å². The van der Waals surface area contributed by atoms with Crippen LogP contribution in [0.5, 0.6) is 0 Å². The number of benzene rings is 1. The zero-order valence-electron chi connectivity index (χ0n) is 6.00. The lowest BCUT2D eigenvalue weighted by molar-refractivity contribution is 1.47. The van der Waals surface area contributed by atoms with Crippen molar-refractivity contribution in [3.05, 3.63) is 35.4 Å². The third kappa shape index (κ3) is 2.58. The molecule has 0 nitrogen and oxygen atoms in total. The number of halogens is 1. The van der Waals surface area contributed by atoms with E-state index in [-0.39, 0.29) is 0 Å². The highest BCUT2D eigenvalue weighted by atomic mass is 79.9. The first-order valence-corrected chi connectivity index (χ1v) is 6.20. The van der Waals surface area contributed by atoms with Crippen molar-refractivity contribution in [3.63, 3.8) is 0 Å². The summed E-state index contributed by atoms with van der Waals surface area (Å²) in [5, 5.41) is 0. The second-order valence-electron chi connectivity index (χ2n) is 2.23. The van der Waals surface area contributed by atoms with E-state index in [1.165, 1.54) is 15.8 Å². The molecule has 0 aliphatic heterocycles. The zero-order chi connectivity index (χ0) is 8.27. The van der Waals surface area contributed by atoms with E-state index in [4.69, 9.17) is 12.2 Å². The maximum atomic E-state index is 5.08. The first-order valence-electron chi connectivity index (χ1n) is 3.13. The van der Waals surface area contributed by atoms with Crippen molar-refractivity contribution in [1.29, 1.82) is 0 Å². The molecule has 0 saturated heterocycles. The average molecular weight is 247 g/mol. The van der Waals surface area contributed by atoms with E-state index in [1.54, 1.807) is 0 Å². The smallest absolute Gasteiger partial charge is 0.0709 e. The number of thiocarbonyl (C=S) groups is 1. The summed E-state index contributed by atoms with van der Waals surface area (Å²) >= 11 is 8.33. The number of aryl methyl sites for hydroxylation is 1. The van der Waals surface area contributed by atoms with Gasteiger partial charge in [0.25, 0.3) is 0 Å². The molecule has 0 saturated carbocycles. The summed E-state index contributed by atoms with van der Waals surface area (Å²) in [7, 11) is 1.43. The summed E-state index contributed by atoms with van der Waals surface area (Å²) in [6.07, 6.45) is 0. The molecule has 0 amide bonds. The van der Waals surface area contributed by atoms with Crippen molar-refractivity contribution in [3.8, 4) is 0 Å². The Morgan fingerprint density at radius 3 is 2.36 bits per heavy atom. The van der Waals surface area contributed by atoms with Crippen molar-refractivity contribution in [1.82, 2.24) is 0 Å². The molecule has 0 radical (unpaired) electrons. The van der Waals surface area contributed by atoms with Gasteiger partial charge in [-0.15, -0.1) is 0 Å². The molecule has 0 aliphatic rings. The van der Waals surface area contributed by atoms with Crippen molar-refractivity contribution in [2.24, 2.45) is 0 Å². The van der Waals surface area contributed by atoms with E-state index in [2.05, 4.69) is 33.9 Å². The molecular formula is C8H7BrS2. The monoisotopic (exact) mass is 246 g/mol. The van der Waals surface area contributed by atoms with E-state index in [0.717, 1.165) is 9.76 Å². The lowest BCUT2D eigenvalue weighted by Crippen LogP contribution is -1.87. The van der Waals surface area contributed by atoms with E-state index < -0.39 is 0 Å². The number of hydrogen-bond donors (Lipinski definition) is 0. The third-order valence-electron chi connectivity index (χ3n) is 1.36. The van der Waals surface area contributed by atoms with Gasteiger partial charge in [-0.25, -0.2) is 0 Å². The Bertz CT molecular complexity index is 253. The highest BCUT2D eigenvalue weighted by Crippen LogP contribution is 2.19. The predicted octanol–water partition coefficient (Wildman–Crippen LogP) is 3.71. The van der Waals surface area contributed by atoms with Crippen molar-refractivity contribution >= 4 is 41.4 Å². The van der Waals surface area contributed by atoms with Gasteiger partial charge >= 0.3 is 0 Å². The fraction of sp³-hybridized carbons (Fsp3) is 0.125. The van der Waals surface area contributed by atoms with E-state index in [1.807, 2.05) is 12.1 Å². The lowest BCUT2D eigenvalue weighted by atomic mass is 10.2. The number of rotatable bonds is 1. The molecule has 0 unspecified atom stereocenters. The SMILES string of the molecule is Cc1ccc(C(=S)SBr)cc1. The molecule has 0 bridgehead atoms. The topological polar surface area (TPSA) is 0 Å². The maximum Gasteiger partial charge on any atom is 0.0890 e. The van der Waals surface area contributed by atoms with E-state index >= 15 is 0 Å². The quantitative estimate of drug-likeness (QED) is 0.694. The van der Waals surface area contributed by atoms with Crippen LogP contribution < -0.4 is 0 Å². The Morgan fingerprint density at radius 2 is 1.91 bits per heavy atom. The molecular weight excluding hydrogens is 240 g/mol. The zero-order valence-corrected chi connectivity index (χ0v) is 9.22. The second kappa shape index (κ2) is 4.24. The van der Waals surface area contributed by atoms with Gasteiger partial charge in [-0.1, -0.05) is 42.0 Å². The van der Waals surface area contributed by atoms with Gasteiger partial charge in [-0.3, -0.25) is 0 Å². The standard InChI is InChI=1S/C8H7BrS2/c1-6-2-4-7(5-3-6)8(10)11-9/h2-5H,1H3. The van der Waals surface area contributed by atoms with Crippen LogP contribution in [0.1, 0.15) is 11.1 Å². The Hall–Kier alpha value is 0.140. The van der Waals surface area contributed by atoms with Crippen LogP contribution in [-0.4, -0.2) is 4.20 Å². The third-order valence-corrected chi connectivity index (χ3v) is 3.83. The van der Waals surface area contributed by atoms with Gasteiger partial charge in [0, 0.05) is 0 Å². The van der Waals surface area contributed by atoms with Crippen LogP contribution >= 0.6 is 37.2 Å². The van der Waals surface area contributed by atoms with E-state index in [9.17, 15) is 0 Å². The largest absolute Gasteiger partial charge is 0.0890 e. The van der Waals surface area contributed by atoms with E-state index in [0.29, 0.717) is 0 Å². The van der Waals surface area contributed by atoms with Gasteiger partial charge in [-0.2, -0.15) is 0 Å². The van der Waals surface area contributed by atoms with Crippen molar-refractivity contribution in [2.75, 3.05) is 0 Å². The fourth-order valence-corrected chi connectivity index (χ4v) is 1.66. The normalized spacial score (nSPS) is 9.64. The first kappa shape index (κ1) is 9.23. The predicted molar refractivity (Wildman–Crippen MR) is 59.4 cm³/mol. The summed E-state index contributed by atoms with van der Waals surface area (Å²) in [5.74, 6) is 0. The summed E-state index contributed by atoms with van der Waals surface area (Å²) in [4.78, 5) is 0. The van der Waals surface area contributed by atoms with Gasteiger partial charge in [-0.05, 0) is 37.5 Å². The minimum Gasteiger partial charge on any atom is -0.0709 e. The van der Waals surface area contributed by atoms with Crippen LogP contribution in [0.3, 0.4) is 0 Å². The molecule has 58 valence electrons. The molecule has 1 rings (SSSR count). The first-order chi connectivity index (χ1) is 5.24. The van der Waals surface area contributed by atoms with Gasteiger partial charge in [0.1, 0.15) is 0 Å².